The van der Waals surface area contributed by atoms with E-state index >= 15 is 0 Å². The minimum absolute atomic E-state index is 0.0180. The first kappa shape index (κ1) is 19.8. The molecule has 1 atom stereocenters. The van der Waals surface area contributed by atoms with Gasteiger partial charge in [0.15, 0.2) is 5.13 Å². The Kier molecular flexibility index (Phi) is 6.14. The lowest BCUT2D eigenvalue weighted by molar-refractivity contribution is -0.138. The van der Waals surface area contributed by atoms with Crippen molar-refractivity contribution in [3.05, 3.63) is 11.1 Å². The fourth-order valence-corrected chi connectivity index (χ4v) is 4.49. The van der Waals surface area contributed by atoms with Crippen LogP contribution in [0.3, 0.4) is 0 Å². The van der Waals surface area contributed by atoms with Gasteiger partial charge in [0.05, 0.1) is 11.6 Å². The third-order valence-corrected chi connectivity index (χ3v) is 6.05. The highest BCUT2D eigenvalue weighted by molar-refractivity contribution is 7.13. The van der Waals surface area contributed by atoms with E-state index in [-0.39, 0.29) is 29.6 Å². The second-order valence-corrected chi connectivity index (χ2v) is 8.83. The molecule has 1 aromatic rings. The first-order valence-corrected chi connectivity index (χ1v) is 10.5. The standard InChI is InChI=1S/C19H28N4O3S/c1-12(2)9-23-10-15(8-16(23)24)18(26)22-6-4-14(5-7-22)17(25)21-19-20-13(3)11-27-19/h11-12,14-15H,4-10H2,1-3H3,(H,20,21,25)/t15-/m1/s1. The van der Waals surface area contributed by atoms with Crippen molar-refractivity contribution in [2.45, 2.75) is 40.0 Å². The van der Waals surface area contributed by atoms with Crippen molar-refractivity contribution in [2.24, 2.45) is 17.8 Å². The van der Waals surface area contributed by atoms with Crippen LogP contribution >= 0.6 is 11.3 Å². The molecule has 2 aliphatic rings. The average Bonchev–Trinajstić information content (AvgIpc) is 3.19. The van der Waals surface area contributed by atoms with Crippen molar-refractivity contribution < 1.29 is 14.4 Å². The van der Waals surface area contributed by atoms with E-state index in [2.05, 4.69) is 24.1 Å². The van der Waals surface area contributed by atoms with Crippen LogP contribution in [0.15, 0.2) is 5.38 Å². The number of anilines is 1. The summed E-state index contributed by atoms with van der Waals surface area (Å²) in [5.41, 5.74) is 0.897. The number of carbonyl (C=O) groups excluding carboxylic acids is 3. The van der Waals surface area contributed by atoms with Gasteiger partial charge in [0.2, 0.25) is 17.7 Å². The number of carbonyl (C=O) groups is 3. The van der Waals surface area contributed by atoms with E-state index in [0.29, 0.717) is 56.5 Å². The molecule has 0 unspecified atom stereocenters. The summed E-state index contributed by atoms with van der Waals surface area (Å²) in [6, 6.07) is 0. The van der Waals surface area contributed by atoms with Gasteiger partial charge in [0, 0.05) is 43.9 Å². The van der Waals surface area contributed by atoms with Gasteiger partial charge in [-0.15, -0.1) is 11.3 Å². The van der Waals surface area contributed by atoms with Crippen molar-refractivity contribution in [3.8, 4) is 0 Å². The Labute approximate surface area is 164 Å². The van der Waals surface area contributed by atoms with Gasteiger partial charge in [-0.25, -0.2) is 4.98 Å². The van der Waals surface area contributed by atoms with Crippen LogP contribution in [0.4, 0.5) is 5.13 Å². The topological polar surface area (TPSA) is 82.6 Å². The molecule has 3 rings (SSSR count). The Morgan fingerprint density at radius 3 is 2.59 bits per heavy atom. The summed E-state index contributed by atoms with van der Waals surface area (Å²) in [5, 5.41) is 5.41. The second-order valence-electron chi connectivity index (χ2n) is 7.98. The summed E-state index contributed by atoms with van der Waals surface area (Å²) in [7, 11) is 0. The summed E-state index contributed by atoms with van der Waals surface area (Å²) in [5.74, 6) is 0.189. The van der Waals surface area contributed by atoms with E-state index in [0.717, 1.165) is 5.69 Å². The Hall–Kier alpha value is -1.96. The Bertz CT molecular complexity index is 710. The quantitative estimate of drug-likeness (QED) is 0.832. The molecule has 8 heteroatoms. The highest BCUT2D eigenvalue weighted by Crippen LogP contribution is 2.25. The summed E-state index contributed by atoms with van der Waals surface area (Å²) < 4.78 is 0. The molecule has 0 saturated carbocycles. The lowest BCUT2D eigenvalue weighted by Gasteiger charge is -2.32. The van der Waals surface area contributed by atoms with Gasteiger partial charge in [0.25, 0.3) is 0 Å². The molecule has 27 heavy (non-hydrogen) atoms. The lowest BCUT2D eigenvalue weighted by Crippen LogP contribution is -2.44. The number of thiazole rings is 1. The van der Waals surface area contributed by atoms with Crippen molar-refractivity contribution in [2.75, 3.05) is 31.5 Å². The van der Waals surface area contributed by atoms with Gasteiger partial charge in [-0.1, -0.05) is 13.8 Å². The highest BCUT2D eigenvalue weighted by atomic mass is 32.1. The number of nitrogens with one attached hydrogen (secondary N) is 1. The number of hydrogen-bond acceptors (Lipinski definition) is 5. The maximum atomic E-state index is 12.8. The second kappa shape index (κ2) is 8.37. The predicted octanol–water partition coefficient (Wildman–Crippen LogP) is 2.13. The molecule has 7 nitrogen and oxygen atoms in total. The van der Waals surface area contributed by atoms with Crippen molar-refractivity contribution >= 4 is 34.2 Å². The molecular formula is C19H28N4O3S. The minimum atomic E-state index is -0.236. The molecule has 0 spiro atoms. The summed E-state index contributed by atoms with van der Waals surface area (Å²) in [4.78, 5) is 45.2. The average molecular weight is 393 g/mol. The van der Waals surface area contributed by atoms with Crippen molar-refractivity contribution in [3.63, 3.8) is 0 Å². The zero-order valence-corrected chi connectivity index (χ0v) is 17.1. The normalized spacial score (nSPS) is 21.2. The molecule has 0 aliphatic carbocycles. The number of aryl methyl sites for hydroxylation is 1. The van der Waals surface area contributed by atoms with Crippen LogP contribution in [-0.2, 0) is 14.4 Å². The number of rotatable bonds is 5. The molecule has 1 aromatic heterocycles. The number of hydrogen-bond donors (Lipinski definition) is 1. The summed E-state index contributed by atoms with van der Waals surface area (Å²) in [6.45, 7) is 8.43. The Morgan fingerprint density at radius 1 is 1.30 bits per heavy atom. The van der Waals surface area contributed by atoms with E-state index in [1.807, 2.05) is 22.1 Å². The first-order valence-electron chi connectivity index (χ1n) is 9.63. The van der Waals surface area contributed by atoms with Crippen LogP contribution in [0.2, 0.25) is 0 Å². The third kappa shape index (κ3) is 4.86. The van der Waals surface area contributed by atoms with Gasteiger partial charge in [-0.05, 0) is 25.7 Å². The number of amides is 3. The number of likely N-dealkylation sites (tertiary alicyclic amines) is 2. The zero-order chi connectivity index (χ0) is 19.6. The predicted molar refractivity (Wildman–Crippen MR) is 104 cm³/mol. The lowest BCUT2D eigenvalue weighted by atomic mass is 9.94. The van der Waals surface area contributed by atoms with Crippen LogP contribution in [0, 0.1) is 24.7 Å². The van der Waals surface area contributed by atoms with Gasteiger partial charge in [0.1, 0.15) is 0 Å². The molecule has 3 amide bonds. The minimum Gasteiger partial charge on any atom is -0.342 e. The van der Waals surface area contributed by atoms with E-state index in [1.165, 1.54) is 11.3 Å². The smallest absolute Gasteiger partial charge is 0.229 e. The number of nitrogens with zero attached hydrogens (tertiary/aromatic N) is 3. The van der Waals surface area contributed by atoms with Gasteiger partial charge in [-0.3, -0.25) is 14.4 Å². The maximum Gasteiger partial charge on any atom is 0.229 e. The van der Waals surface area contributed by atoms with Crippen LogP contribution in [0.25, 0.3) is 0 Å². The van der Waals surface area contributed by atoms with E-state index in [4.69, 9.17) is 0 Å². The Balaban J connectivity index is 1.48. The fraction of sp³-hybridized carbons (Fsp3) is 0.684. The molecule has 3 heterocycles. The molecule has 2 fully saturated rings. The van der Waals surface area contributed by atoms with Crippen LogP contribution in [0.1, 0.15) is 38.8 Å². The molecule has 0 radical (unpaired) electrons. The molecule has 1 N–H and O–H groups in total. The molecule has 0 aromatic carbocycles. The van der Waals surface area contributed by atoms with Gasteiger partial charge >= 0.3 is 0 Å². The van der Waals surface area contributed by atoms with Gasteiger partial charge in [-0.2, -0.15) is 0 Å². The Morgan fingerprint density at radius 2 is 2.00 bits per heavy atom. The van der Waals surface area contributed by atoms with Crippen LogP contribution < -0.4 is 5.32 Å². The first-order chi connectivity index (χ1) is 12.8. The third-order valence-electron chi connectivity index (χ3n) is 5.18. The van der Waals surface area contributed by atoms with Crippen LogP contribution in [0.5, 0.6) is 0 Å². The molecule has 0 bridgehead atoms. The largest absolute Gasteiger partial charge is 0.342 e. The molecule has 148 valence electrons. The number of piperidine rings is 1. The van der Waals surface area contributed by atoms with Gasteiger partial charge < -0.3 is 15.1 Å². The van der Waals surface area contributed by atoms with E-state index < -0.39 is 0 Å². The molecular weight excluding hydrogens is 364 g/mol. The van der Waals surface area contributed by atoms with Crippen molar-refractivity contribution in [1.82, 2.24) is 14.8 Å². The molecule has 2 saturated heterocycles. The van der Waals surface area contributed by atoms with E-state index in [1.54, 1.807) is 0 Å². The maximum absolute atomic E-state index is 12.8. The summed E-state index contributed by atoms with van der Waals surface area (Å²) in [6.07, 6.45) is 1.62. The van der Waals surface area contributed by atoms with E-state index in [9.17, 15) is 14.4 Å². The highest BCUT2D eigenvalue weighted by Gasteiger charge is 2.38. The van der Waals surface area contributed by atoms with Crippen LogP contribution in [-0.4, -0.2) is 58.7 Å². The molecule has 2 aliphatic heterocycles. The number of aromatic nitrogens is 1. The summed E-state index contributed by atoms with van der Waals surface area (Å²) >= 11 is 1.42. The zero-order valence-electron chi connectivity index (χ0n) is 16.2. The SMILES string of the molecule is Cc1csc(NC(=O)C2CCN(C(=O)[C@@H]3CC(=O)N(CC(C)C)C3)CC2)n1. The fourth-order valence-electron chi connectivity index (χ4n) is 3.79. The monoisotopic (exact) mass is 392 g/mol. The van der Waals surface area contributed by atoms with Crippen molar-refractivity contribution in [1.29, 1.82) is 0 Å².